The molecule has 0 saturated heterocycles. The monoisotopic (exact) mass is 465 g/mol. The summed E-state index contributed by atoms with van der Waals surface area (Å²) in [6, 6.07) is 7.18. The fourth-order valence-electron chi connectivity index (χ4n) is 2.68. The van der Waals surface area contributed by atoms with Gasteiger partial charge in [-0.2, -0.15) is 0 Å². The molecule has 2 rings (SSSR count). The van der Waals surface area contributed by atoms with E-state index in [4.69, 9.17) is 23.7 Å². The molecule has 0 aliphatic carbocycles. The topological polar surface area (TPSA) is 75.3 Å². The Balaban J connectivity index is 2.11. The fourth-order valence-corrected chi connectivity index (χ4v) is 3.31. The summed E-state index contributed by atoms with van der Waals surface area (Å²) in [6.07, 6.45) is 3.14. The molecular formula is C21H24BrNO6. The Morgan fingerprint density at radius 3 is 2.00 bits per heavy atom. The van der Waals surface area contributed by atoms with Crippen LogP contribution in [0.1, 0.15) is 11.1 Å². The second-order valence-electron chi connectivity index (χ2n) is 5.79. The van der Waals surface area contributed by atoms with Crippen LogP contribution in [0.5, 0.6) is 28.7 Å². The van der Waals surface area contributed by atoms with Gasteiger partial charge in [-0.1, -0.05) is 0 Å². The molecule has 0 aromatic heterocycles. The summed E-state index contributed by atoms with van der Waals surface area (Å²) in [4.78, 5) is 12.3. The maximum absolute atomic E-state index is 12.3. The van der Waals surface area contributed by atoms with Gasteiger partial charge in [-0.15, -0.1) is 0 Å². The van der Waals surface area contributed by atoms with Crippen LogP contribution in [0.25, 0.3) is 6.08 Å². The van der Waals surface area contributed by atoms with Crippen molar-refractivity contribution in [3.63, 3.8) is 0 Å². The van der Waals surface area contributed by atoms with Crippen molar-refractivity contribution < 1.29 is 28.5 Å². The van der Waals surface area contributed by atoms with Gasteiger partial charge in [0.1, 0.15) is 0 Å². The lowest BCUT2D eigenvalue weighted by atomic mass is 10.1. The number of carbonyl (C=O) groups excluding carboxylic acids is 1. The zero-order valence-corrected chi connectivity index (χ0v) is 18.6. The zero-order chi connectivity index (χ0) is 21.4. The Morgan fingerprint density at radius 2 is 1.48 bits per heavy atom. The molecule has 1 amide bonds. The second-order valence-corrected chi connectivity index (χ2v) is 6.58. The van der Waals surface area contributed by atoms with Crippen molar-refractivity contribution in [2.24, 2.45) is 0 Å². The number of hydrogen-bond donors (Lipinski definition) is 1. The fraction of sp³-hybridized carbons (Fsp3) is 0.286. The molecule has 1 N–H and O–H groups in total. The molecule has 7 nitrogen and oxygen atoms in total. The summed E-state index contributed by atoms with van der Waals surface area (Å²) in [7, 11) is 7.75. The van der Waals surface area contributed by atoms with Crippen LogP contribution in [0.15, 0.2) is 34.8 Å². The minimum absolute atomic E-state index is 0.250. The van der Waals surface area contributed by atoms with E-state index in [1.807, 2.05) is 6.07 Å². The number of rotatable bonds is 9. The molecule has 2 aromatic rings. The van der Waals surface area contributed by atoms with Crippen molar-refractivity contribution in [3.8, 4) is 28.7 Å². The number of methoxy groups -OCH3 is 5. The number of hydrogen-bond acceptors (Lipinski definition) is 6. The number of halogens is 1. The van der Waals surface area contributed by atoms with Crippen LogP contribution in [0, 0.1) is 0 Å². The molecule has 8 heteroatoms. The summed E-state index contributed by atoms with van der Waals surface area (Å²) >= 11 is 3.48. The molecule has 156 valence electrons. The quantitative estimate of drug-likeness (QED) is 0.567. The number of nitrogens with one attached hydrogen (secondary N) is 1. The largest absolute Gasteiger partial charge is 0.493 e. The van der Waals surface area contributed by atoms with Gasteiger partial charge in [0, 0.05) is 12.6 Å². The molecule has 0 aliphatic heterocycles. The van der Waals surface area contributed by atoms with Crippen LogP contribution in [-0.4, -0.2) is 41.5 Å². The van der Waals surface area contributed by atoms with Crippen LogP contribution in [0.4, 0.5) is 0 Å². The third-order valence-electron chi connectivity index (χ3n) is 4.12. The SMILES string of the molecule is COc1cc(CNC(=O)C=Cc2ccc(OC)c(OC)c2Br)cc(OC)c1OC. The highest BCUT2D eigenvalue weighted by Gasteiger charge is 2.14. The van der Waals surface area contributed by atoms with Gasteiger partial charge in [-0.25, -0.2) is 0 Å². The summed E-state index contributed by atoms with van der Waals surface area (Å²) in [6.45, 7) is 0.299. The maximum atomic E-state index is 12.3. The second kappa shape index (κ2) is 10.6. The molecule has 0 fully saturated rings. The molecule has 0 saturated carbocycles. The first-order chi connectivity index (χ1) is 14.0. The Hall–Kier alpha value is -2.87. The molecule has 0 aliphatic rings. The minimum Gasteiger partial charge on any atom is -0.493 e. The van der Waals surface area contributed by atoms with Crippen LogP contribution in [-0.2, 0) is 11.3 Å². The van der Waals surface area contributed by atoms with Crippen molar-refractivity contribution in [1.82, 2.24) is 5.32 Å². The molecule has 0 spiro atoms. The third kappa shape index (κ3) is 5.35. The first-order valence-corrected chi connectivity index (χ1v) is 9.43. The highest BCUT2D eigenvalue weighted by atomic mass is 79.9. The van der Waals surface area contributed by atoms with Crippen LogP contribution in [0.3, 0.4) is 0 Å². The maximum Gasteiger partial charge on any atom is 0.244 e. The Kier molecular flexibility index (Phi) is 8.21. The molecular weight excluding hydrogens is 442 g/mol. The lowest BCUT2D eigenvalue weighted by Crippen LogP contribution is -2.20. The van der Waals surface area contributed by atoms with Gasteiger partial charge in [-0.05, 0) is 57.4 Å². The van der Waals surface area contributed by atoms with Crippen LogP contribution < -0.4 is 29.0 Å². The van der Waals surface area contributed by atoms with Crippen LogP contribution in [0.2, 0.25) is 0 Å². The molecule has 29 heavy (non-hydrogen) atoms. The zero-order valence-electron chi connectivity index (χ0n) is 17.0. The van der Waals surface area contributed by atoms with E-state index < -0.39 is 0 Å². The molecule has 0 heterocycles. The van der Waals surface area contributed by atoms with Crippen molar-refractivity contribution in [1.29, 1.82) is 0 Å². The summed E-state index contributed by atoms with van der Waals surface area (Å²) in [5, 5.41) is 2.83. The van der Waals surface area contributed by atoms with Crippen molar-refractivity contribution in [3.05, 3.63) is 45.9 Å². The van der Waals surface area contributed by atoms with E-state index in [9.17, 15) is 4.79 Å². The van der Waals surface area contributed by atoms with E-state index in [-0.39, 0.29) is 5.91 Å². The van der Waals surface area contributed by atoms with E-state index in [1.165, 1.54) is 6.08 Å². The first-order valence-electron chi connectivity index (χ1n) is 8.64. The number of carbonyl (C=O) groups is 1. The molecule has 0 atom stereocenters. The van der Waals surface area contributed by atoms with E-state index in [0.29, 0.717) is 39.8 Å². The van der Waals surface area contributed by atoms with E-state index in [2.05, 4.69) is 21.2 Å². The van der Waals surface area contributed by atoms with Gasteiger partial charge in [0.25, 0.3) is 0 Å². The van der Waals surface area contributed by atoms with Gasteiger partial charge in [0.2, 0.25) is 11.7 Å². The Labute approximate surface area is 178 Å². The Morgan fingerprint density at radius 1 is 0.897 bits per heavy atom. The lowest BCUT2D eigenvalue weighted by Gasteiger charge is -2.14. The van der Waals surface area contributed by atoms with Gasteiger partial charge in [-0.3, -0.25) is 4.79 Å². The number of benzene rings is 2. The van der Waals surface area contributed by atoms with Gasteiger partial charge >= 0.3 is 0 Å². The van der Waals surface area contributed by atoms with Crippen molar-refractivity contribution >= 4 is 27.9 Å². The predicted molar refractivity (Wildman–Crippen MR) is 114 cm³/mol. The average molecular weight is 466 g/mol. The highest BCUT2D eigenvalue weighted by Crippen LogP contribution is 2.39. The lowest BCUT2D eigenvalue weighted by molar-refractivity contribution is -0.116. The Bertz CT molecular complexity index is 872. The van der Waals surface area contributed by atoms with Crippen molar-refractivity contribution in [2.75, 3.05) is 35.5 Å². The summed E-state index contributed by atoms with van der Waals surface area (Å²) < 4.78 is 27.2. The van der Waals surface area contributed by atoms with E-state index in [1.54, 1.807) is 59.8 Å². The van der Waals surface area contributed by atoms with E-state index >= 15 is 0 Å². The minimum atomic E-state index is -0.250. The normalized spacial score (nSPS) is 10.6. The standard InChI is InChI=1S/C21H24BrNO6/c1-25-15-8-6-14(19(22)21(15)29-5)7-9-18(24)23-12-13-10-16(26-2)20(28-4)17(11-13)27-3/h6-11H,12H2,1-5H3,(H,23,24). The van der Waals surface area contributed by atoms with Gasteiger partial charge in [0.05, 0.1) is 40.0 Å². The molecule has 2 aromatic carbocycles. The smallest absolute Gasteiger partial charge is 0.244 e. The highest BCUT2D eigenvalue weighted by molar-refractivity contribution is 9.10. The van der Waals surface area contributed by atoms with Gasteiger partial charge in [0.15, 0.2) is 23.0 Å². The van der Waals surface area contributed by atoms with Crippen molar-refractivity contribution in [2.45, 2.75) is 6.54 Å². The number of ether oxygens (including phenoxy) is 5. The summed E-state index contributed by atoms with van der Waals surface area (Å²) in [5.41, 5.74) is 1.60. The number of amides is 1. The molecule has 0 bridgehead atoms. The molecule has 0 unspecified atom stereocenters. The third-order valence-corrected chi connectivity index (χ3v) is 4.94. The van der Waals surface area contributed by atoms with Gasteiger partial charge < -0.3 is 29.0 Å². The molecule has 0 radical (unpaired) electrons. The average Bonchev–Trinajstić information content (AvgIpc) is 2.75. The first kappa shape index (κ1) is 22.4. The predicted octanol–water partition coefficient (Wildman–Crippen LogP) is 3.82. The van der Waals surface area contributed by atoms with E-state index in [0.717, 1.165) is 11.1 Å². The summed E-state index contributed by atoms with van der Waals surface area (Å²) in [5.74, 6) is 2.47. The van der Waals surface area contributed by atoms with Crippen LogP contribution >= 0.6 is 15.9 Å².